The van der Waals surface area contributed by atoms with Crippen molar-refractivity contribution in [3.63, 3.8) is 0 Å². The number of hydrogen-bond acceptors (Lipinski definition) is 1. The lowest BCUT2D eigenvalue weighted by atomic mass is 10.1. The minimum atomic E-state index is 1.01. The van der Waals surface area contributed by atoms with Crippen LogP contribution >= 0.6 is 0 Å². The molecular formula is C13H8N. The van der Waals surface area contributed by atoms with Crippen LogP contribution in [-0.4, -0.2) is 4.98 Å². The molecule has 0 atom stereocenters. The molecule has 1 heteroatoms. The van der Waals surface area contributed by atoms with Gasteiger partial charge in [-0.3, -0.25) is 4.98 Å². The zero-order valence-electron chi connectivity index (χ0n) is 7.57. The van der Waals surface area contributed by atoms with Crippen LogP contribution in [0.4, 0.5) is 0 Å². The topological polar surface area (TPSA) is 12.9 Å². The molecule has 0 unspecified atom stereocenters. The van der Waals surface area contributed by atoms with E-state index in [1.165, 1.54) is 10.8 Å². The normalized spacial score (nSPS) is 10.9. The van der Waals surface area contributed by atoms with Gasteiger partial charge in [-0.1, -0.05) is 24.3 Å². The molecule has 1 aromatic heterocycles. The van der Waals surface area contributed by atoms with Crippen LogP contribution in [0.5, 0.6) is 0 Å². The average Bonchev–Trinajstić information content (AvgIpc) is 2.26. The summed E-state index contributed by atoms with van der Waals surface area (Å²) in [5.41, 5.74) is 1.01. The standard InChI is InChI=1S/C13H8N/c1-2-5-11-9-13-12(6-3-7-14-13)8-10(11)4-1/h1-5,7-9H. The number of benzene rings is 2. The van der Waals surface area contributed by atoms with Gasteiger partial charge < -0.3 is 0 Å². The van der Waals surface area contributed by atoms with E-state index in [0.29, 0.717) is 0 Å². The Morgan fingerprint density at radius 2 is 1.79 bits per heavy atom. The molecule has 1 nitrogen and oxygen atoms in total. The van der Waals surface area contributed by atoms with E-state index in [9.17, 15) is 0 Å². The molecule has 3 aromatic rings. The lowest BCUT2D eigenvalue weighted by Gasteiger charge is -1.99. The van der Waals surface area contributed by atoms with Crippen LogP contribution < -0.4 is 0 Å². The summed E-state index contributed by atoms with van der Waals surface area (Å²) in [4.78, 5) is 4.30. The first-order valence-electron chi connectivity index (χ1n) is 4.59. The summed E-state index contributed by atoms with van der Waals surface area (Å²) in [7, 11) is 0. The van der Waals surface area contributed by atoms with Crippen molar-refractivity contribution < 1.29 is 0 Å². The van der Waals surface area contributed by atoms with Gasteiger partial charge in [-0.15, -0.1) is 0 Å². The third-order valence-electron chi connectivity index (χ3n) is 2.39. The summed E-state index contributed by atoms with van der Waals surface area (Å²) < 4.78 is 0. The Morgan fingerprint density at radius 3 is 2.64 bits per heavy atom. The molecule has 0 bridgehead atoms. The van der Waals surface area contributed by atoms with Crippen LogP contribution in [0.2, 0.25) is 0 Å². The highest BCUT2D eigenvalue weighted by molar-refractivity contribution is 5.95. The smallest absolute Gasteiger partial charge is 0.0714 e. The molecule has 0 saturated heterocycles. The second-order valence-corrected chi connectivity index (χ2v) is 3.31. The molecule has 0 spiro atoms. The maximum Gasteiger partial charge on any atom is 0.0714 e. The molecule has 0 N–H and O–H groups in total. The molecule has 0 saturated carbocycles. The highest BCUT2D eigenvalue weighted by Crippen LogP contribution is 2.20. The Labute approximate surface area is 82.0 Å². The van der Waals surface area contributed by atoms with Crippen molar-refractivity contribution in [3.8, 4) is 0 Å². The Kier molecular flexibility index (Phi) is 1.51. The lowest BCUT2D eigenvalue weighted by molar-refractivity contribution is 1.42. The monoisotopic (exact) mass is 178 g/mol. The van der Waals surface area contributed by atoms with E-state index in [2.05, 4.69) is 35.3 Å². The number of hydrogen-bond donors (Lipinski definition) is 0. The van der Waals surface area contributed by atoms with Crippen LogP contribution in [0.25, 0.3) is 21.7 Å². The maximum atomic E-state index is 4.30. The van der Waals surface area contributed by atoms with E-state index < -0.39 is 0 Å². The molecule has 0 aliphatic heterocycles. The minimum absolute atomic E-state index is 1.01. The van der Waals surface area contributed by atoms with Gasteiger partial charge in [0.15, 0.2) is 0 Å². The number of fused-ring (bicyclic) bond motifs is 2. The molecule has 2 aromatic carbocycles. The summed E-state index contributed by atoms with van der Waals surface area (Å²) in [5, 5.41) is 3.54. The van der Waals surface area contributed by atoms with Crippen LogP contribution in [-0.2, 0) is 0 Å². The van der Waals surface area contributed by atoms with Gasteiger partial charge in [0.25, 0.3) is 0 Å². The fourth-order valence-corrected chi connectivity index (χ4v) is 1.70. The van der Waals surface area contributed by atoms with Crippen molar-refractivity contribution in [2.24, 2.45) is 0 Å². The van der Waals surface area contributed by atoms with Crippen molar-refractivity contribution >= 4 is 21.7 Å². The highest BCUT2D eigenvalue weighted by atomic mass is 14.6. The van der Waals surface area contributed by atoms with E-state index in [1.807, 2.05) is 18.2 Å². The van der Waals surface area contributed by atoms with E-state index in [1.54, 1.807) is 6.20 Å². The van der Waals surface area contributed by atoms with Crippen molar-refractivity contribution in [1.29, 1.82) is 0 Å². The quantitative estimate of drug-likeness (QED) is 0.482. The molecule has 65 valence electrons. The molecule has 0 aliphatic rings. The maximum absolute atomic E-state index is 4.30. The SMILES string of the molecule is [c]1ccnc2cc3ccccc3cc12. The fourth-order valence-electron chi connectivity index (χ4n) is 1.70. The molecule has 1 heterocycles. The van der Waals surface area contributed by atoms with Crippen molar-refractivity contribution in [2.75, 3.05) is 0 Å². The van der Waals surface area contributed by atoms with Crippen LogP contribution in [0, 0.1) is 6.07 Å². The van der Waals surface area contributed by atoms with Crippen molar-refractivity contribution in [3.05, 3.63) is 54.7 Å². The van der Waals surface area contributed by atoms with E-state index in [0.717, 1.165) is 10.9 Å². The van der Waals surface area contributed by atoms with Crippen LogP contribution in [0.1, 0.15) is 0 Å². The van der Waals surface area contributed by atoms with Gasteiger partial charge >= 0.3 is 0 Å². The summed E-state index contributed by atoms with van der Waals surface area (Å²) in [6.07, 6.45) is 1.77. The predicted octanol–water partition coefficient (Wildman–Crippen LogP) is 3.19. The van der Waals surface area contributed by atoms with Gasteiger partial charge in [-0.2, -0.15) is 0 Å². The van der Waals surface area contributed by atoms with Crippen LogP contribution in [0.15, 0.2) is 48.7 Å². The van der Waals surface area contributed by atoms with Gasteiger partial charge in [0, 0.05) is 11.6 Å². The van der Waals surface area contributed by atoms with Crippen molar-refractivity contribution in [2.45, 2.75) is 0 Å². The van der Waals surface area contributed by atoms with E-state index >= 15 is 0 Å². The Balaban J connectivity index is 2.52. The van der Waals surface area contributed by atoms with E-state index in [4.69, 9.17) is 0 Å². The molecule has 14 heavy (non-hydrogen) atoms. The third kappa shape index (κ3) is 1.06. The Morgan fingerprint density at radius 1 is 1.00 bits per heavy atom. The van der Waals surface area contributed by atoms with Gasteiger partial charge in [-0.25, -0.2) is 0 Å². The van der Waals surface area contributed by atoms with Crippen molar-refractivity contribution in [1.82, 2.24) is 4.98 Å². The van der Waals surface area contributed by atoms with Crippen LogP contribution in [0.3, 0.4) is 0 Å². The second-order valence-electron chi connectivity index (χ2n) is 3.31. The summed E-state index contributed by atoms with van der Waals surface area (Å²) in [5.74, 6) is 0. The summed E-state index contributed by atoms with van der Waals surface area (Å²) in [6.45, 7) is 0. The summed E-state index contributed by atoms with van der Waals surface area (Å²) >= 11 is 0. The fraction of sp³-hybridized carbons (Fsp3) is 0. The number of rotatable bonds is 0. The Hall–Kier alpha value is -1.89. The average molecular weight is 178 g/mol. The summed E-state index contributed by atoms with van der Waals surface area (Å²) in [6, 6.07) is 17.5. The molecular weight excluding hydrogens is 170 g/mol. The second kappa shape index (κ2) is 2.81. The predicted molar refractivity (Wildman–Crippen MR) is 58.1 cm³/mol. The molecule has 0 amide bonds. The zero-order chi connectivity index (χ0) is 9.38. The Bertz CT molecular complexity index is 494. The molecule has 0 fully saturated rings. The third-order valence-corrected chi connectivity index (χ3v) is 2.39. The first-order chi connectivity index (χ1) is 6.93. The first kappa shape index (κ1) is 7.51. The van der Waals surface area contributed by atoms with Gasteiger partial charge in [0.05, 0.1) is 5.52 Å². The number of pyridine rings is 1. The largest absolute Gasteiger partial charge is 0.256 e. The number of aromatic nitrogens is 1. The van der Waals surface area contributed by atoms with Gasteiger partial charge in [0.2, 0.25) is 0 Å². The molecule has 1 radical (unpaired) electrons. The lowest BCUT2D eigenvalue weighted by Crippen LogP contribution is -1.78. The number of nitrogens with zero attached hydrogens (tertiary/aromatic N) is 1. The zero-order valence-corrected chi connectivity index (χ0v) is 7.57. The highest BCUT2D eigenvalue weighted by Gasteiger charge is 1.96. The minimum Gasteiger partial charge on any atom is -0.256 e. The van der Waals surface area contributed by atoms with Gasteiger partial charge in [-0.05, 0) is 35.0 Å². The first-order valence-corrected chi connectivity index (χ1v) is 4.59. The molecule has 3 rings (SSSR count). The van der Waals surface area contributed by atoms with E-state index in [-0.39, 0.29) is 0 Å². The van der Waals surface area contributed by atoms with Gasteiger partial charge in [0.1, 0.15) is 0 Å². The molecule has 0 aliphatic carbocycles.